The molecular formula is C23H29N5O2S. The summed E-state index contributed by atoms with van der Waals surface area (Å²) in [6.45, 7) is 6.72. The molecule has 8 heteroatoms. The van der Waals surface area contributed by atoms with E-state index in [0.717, 1.165) is 67.7 Å². The summed E-state index contributed by atoms with van der Waals surface area (Å²) in [4.78, 5) is 37.5. The Bertz CT molecular complexity index is 955. The van der Waals surface area contributed by atoms with Gasteiger partial charge in [0.1, 0.15) is 5.82 Å². The molecule has 1 aromatic heterocycles. The van der Waals surface area contributed by atoms with Gasteiger partial charge in [0.15, 0.2) is 5.16 Å². The lowest BCUT2D eigenvalue weighted by Gasteiger charge is -2.35. The Morgan fingerprint density at radius 1 is 1.13 bits per heavy atom. The lowest BCUT2D eigenvalue weighted by Crippen LogP contribution is -2.48. The maximum atomic E-state index is 12.3. The number of nitrogens with zero attached hydrogens (tertiary/aromatic N) is 4. The topological polar surface area (TPSA) is 78.4 Å². The monoisotopic (exact) mass is 439 g/mol. The van der Waals surface area contributed by atoms with Crippen LogP contribution >= 0.6 is 11.8 Å². The number of aromatic nitrogens is 2. The largest absolute Gasteiger partial charge is 0.353 e. The highest BCUT2D eigenvalue weighted by Gasteiger charge is 2.24. The van der Waals surface area contributed by atoms with Gasteiger partial charge in [0.05, 0.1) is 0 Å². The fraction of sp³-hybridized carbons (Fsp3) is 0.478. The van der Waals surface area contributed by atoms with E-state index in [1.165, 1.54) is 0 Å². The molecule has 0 spiro atoms. The number of piperazine rings is 1. The maximum absolute atomic E-state index is 12.3. The Hall–Kier alpha value is -2.61. The zero-order valence-corrected chi connectivity index (χ0v) is 19.0. The summed E-state index contributed by atoms with van der Waals surface area (Å²) >= 11 is 1.59. The molecule has 1 aromatic carbocycles. The van der Waals surface area contributed by atoms with Crippen molar-refractivity contribution in [3.63, 3.8) is 0 Å². The Morgan fingerprint density at radius 3 is 2.58 bits per heavy atom. The predicted octanol–water partition coefficient (Wildman–Crippen LogP) is 2.89. The number of nitrogens with one attached hydrogen (secondary N) is 1. The van der Waals surface area contributed by atoms with Crippen LogP contribution < -0.4 is 10.2 Å². The third kappa shape index (κ3) is 5.76. The van der Waals surface area contributed by atoms with Crippen LogP contribution in [0.4, 0.5) is 5.82 Å². The molecule has 7 nitrogen and oxygen atoms in total. The van der Waals surface area contributed by atoms with Crippen molar-refractivity contribution in [1.82, 2.24) is 20.2 Å². The van der Waals surface area contributed by atoms with E-state index < -0.39 is 0 Å². The summed E-state index contributed by atoms with van der Waals surface area (Å²) in [5.41, 5.74) is 2.80. The quantitative estimate of drug-likeness (QED) is 0.528. The number of anilines is 1. The van der Waals surface area contributed by atoms with Crippen molar-refractivity contribution in [2.75, 3.05) is 31.1 Å². The van der Waals surface area contributed by atoms with E-state index in [1.54, 1.807) is 18.7 Å². The summed E-state index contributed by atoms with van der Waals surface area (Å²) in [7, 11) is 0. The van der Waals surface area contributed by atoms with E-state index in [1.807, 2.05) is 29.2 Å². The van der Waals surface area contributed by atoms with Crippen molar-refractivity contribution < 1.29 is 9.59 Å². The fourth-order valence-electron chi connectivity index (χ4n) is 3.56. The zero-order chi connectivity index (χ0) is 21.8. The predicted molar refractivity (Wildman–Crippen MR) is 122 cm³/mol. The Morgan fingerprint density at radius 2 is 1.90 bits per heavy atom. The molecule has 2 aromatic rings. The molecule has 1 saturated carbocycles. The maximum Gasteiger partial charge on any atom is 0.251 e. The second kappa shape index (κ2) is 9.68. The Kier molecular flexibility index (Phi) is 6.75. The molecule has 1 saturated heterocycles. The SMILES string of the molecule is CCc1cc(N2CCN(C(C)=O)CC2)nc(SCc2cccc(C(=O)NC3CC3)c2)n1. The van der Waals surface area contributed by atoms with Gasteiger partial charge in [-0.1, -0.05) is 30.8 Å². The van der Waals surface area contributed by atoms with Crippen LogP contribution in [0.15, 0.2) is 35.5 Å². The minimum absolute atomic E-state index is 0.00516. The molecule has 164 valence electrons. The van der Waals surface area contributed by atoms with Gasteiger partial charge in [0.25, 0.3) is 5.91 Å². The molecular weight excluding hydrogens is 410 g/mol. The third-order valence-corrected chi connectivity index (χ3v) is 6.54. The summed E-state index contributed by atoms with van der Waals surface area (Å²) < 4.78 is 0. The minimum Gasteiger partial charge on any atom is -0.353 e. The van der Waals surface area contributed by atoms with Crippen molar-refractivity contribution in [1.29, 1.82) is 0 Å². The van der Waals surface area contributed by atoms with Gasteiger partial charge in [0, 0.05) is 62.2 Å². The number of benzene rings is 1. The Balaban J connectivity index is 1.42. The van der Waals surface area contributed by atoms with Gasteiger partial charge in [-0.25, -0.2) is 9.97 Å². The van der Waals surface area contributed by atoms with Crippen LogP contribution in [0.5, 0.6) is 0 Å². The van der Waals surface area contributed by atoms with Crippen LogP contribution in [-0.4, -0.2) is 58.9 Å². The van der Waals surface area contributed by atoms with Crippen LogP contribution in [0.25, 0.3) is 0 Å². The molecule has 4 rings (SSSR count). The first-order chi connectivity index (χ1) is 15.0. The van der Waals surface area contributed by atoms with Gasteiger partial charge in [-0.15, -0.1) is 0 Å². The molecule has 2 fully saturated rings. The highest BCUT2D eigenvalue weighted by molar-refractivity contribution is 7.98. The summed E-state index contributed by atoms with van der Waals surface area (Å²) in [5.74, 6) is 1.76. The zero-order valence-electron chi connectivity index (χ0n) is 18.1. The van der Waals surface area contributed by atoms with Crippen molar-refractivity contribution in [3.05, 3.63) is 47.2 Å². The molecule has 1 aliphatic carbocycles. The smallest absolute Gasteiger partial charge is 0.251 e. The first-order valence-electron chi connectivity index (χ1n) is 10.9. The van der Waals surface area contributed by atoms with Crippen LogP contribution in [0.1, 0.15) is 48.3 Å². The van der Waals surface area contributed by atoms with Gasteiger partial charge in [-0.3, -0.25) is 9.59 Å². The van der Waals surface area contributed by atoms with E-state index in [2.05, 4.69) is 23.2 Å². The summed E-state index contributed by atoms with van der Waals surface area (Å²) in [6, 6.07) is 10.2. The van der Waals surface area contributed by atoms with Gasteiger partial charge in [-0.05, 0) is 37.0 Å². The van der Waals surface area contributed by atoms with Crippen LogP contribution in [0, 0.1) is 0 Å². The summed E-state index contributed by atoms with van der Waals surface area (Å²) in [5, 5.41) is 3.79. The van der Waals surface area contributed by atoms with Crippen molar-refractivity contribution >= 4 is 29.4 Å². The fourth-order valence-corrected chi connectivity index (χ4v) is 4.38. The van der Waals surface area contributed by atoms with Gasteiger partial charge < -0.3 is 15.1 Å². The molecule has 2 aliphatic rings. The molecule has 31 heavy (non-hydrogen) atoms. The van der Waals surface area contributed by atoms with Crippen molar-refractivity contribution in [2.24, 2.45) is 0 Å². The lowest BCUT2D eigenvalue weighted by atomic mass is 10.1. The van der Waals surface area contributed by atoms with Crippen molar-refractivity contribution in [3.8, 4) is 0 Å². The molecule has 2 amide bonds. The van der Waals surface area contributed by atoms with Gasteiger partial charge in [0.2, 0.25) is 5.91 Å². The number of hydrogen-bond donors (Lipinski definition) is 1. The average molecular weight is 440 g/mol. The standard InChI is InChI=1S/C23H29N5O2S/c1-3-19-14-21(28-11-9-27(10-12-28)16(2)29)26-23(25-19)31-15-17-5-4-6-18(13-17)22(30)24-20-7-8-20/h4-6,13-14,20H,3,7-12,15H2,1-2H3,(H,24,30). The number of carbonyl (C=O) groups is 2. The van der Waals surface area contributed by atoms with Crippen LogP contribution in [0.2, 0.25) is 0 Å². The van der Waals surface area contributed by atoms with E-state index in [0.29, 0.717) is 17.4 Å². The van der Waals surface area contributed by atoms with E-state index in [9.17, 15) is 9.59 Å². The number of aryl methyl sites for hydroxylation is 1. The number of carbonyl (C=O) groups excluding carboxylic acids is 2. The third-order valence-electron chi connectivity index (χ3n) is 5.63. The molecule has 0 radical (unpaired) electrons. The second-order valence-electron chi connectivity index (χ2n) is 8.08. The molecule has 0 unspecified atom stereocenters. The van der Waals surface area contributed by atoms with Crippen LogP contribution in [-0.2, 0) is 17.0 Å². The van der Waals surface area contributed by atoms with E-state index >= 15 is 0 Å². The van der Waals surface area contributed by atoms with Gasteiger partial charge >= 0.3 is 0 Å². The van der Waals surface area contributed by atoms with Crippen molar-refractivity contribution in [2.45, 2.75) is 50.1 Å². The van der Waals surface area contributed by atoms with Crippen LogP contribution in [0.3, 0.4) is 0 Å². The Labute approximate surface area is 187 Å². The lowest BCUT2D eigenvalue weighted by molar-refractivity contribution is -0.129. The highest BCUT2D eigenvalue weighted by atomic mass is 32.2. The number of amides is 2. The molecule has 1 N–H and O–H groups in total. The number of thioether (sulfide) groups is 1. The first-order valence-corrected chi connectivity index (χ1v) is 11.9. The van der Waals surface area contributed by atoms with E-state index in [4.69, 9.17) is 9.97 Å². The normalized spacial score (nSPS) is 16.3. The molecule has 1 aliphatic heterocycles. The molecule has 0 bridgehead atoms. The highest BCUT2D eigenvalue weighted by Crippen LogP contribution is 2.25. The first kappa shape index (κ1) is 21.6. The number of rotatable bonds is 7. The minimum atomic E-state index is 0.00516. The molecule has 2 heterocycles. The van der Waals surface area contributed by atoms with E-state index in [-0.39, 0.29) is 11.8 Å². The molecule has 0 atom stereocenters. The second-order valence-corrected chi connectivity index (χ2v) is 9.03. The average Bonchev–Trinajstić information content (AvgIpc) is 3.61. The summed E-state index contributed by atoms with van der Waals surface area (Å²) in [6.07, 6.45) is 3.00. The number of hydrogen-bond acceptors (Lipinski definition) is 6. The van der Waals surface area contributed by atoms with Gasteiger partial charge in [-0.2, -0.15) is 0 Å².